The predicted octanol–water partition coefficient (Wildman–Crippen LogP) is 3.42. The highest BCUT2D eigenvalue weighted by Gasteiger charge is 2.31. The number of ether oxygens (including phenoxy) is 3. The van der Waals surface area contributed by atoms with Crippen molar-refractivity contribution in [2.75, 3.05) is 14.2 Å². The Morgan fingerprint density at radius 2 is 2.09 bits per heavy atom. The molecule has 0 aliphatic carbocycles. The lowest BCUT2D eigenvalue weighted by Gasteiger charge is -2.32. The molecular formula is C24H25N3O5S. The van der Waals surface area contributed by atoms with Crippen LogP contribution >= 0.6 is 11.3 Å². The summed E-state index contributed by atoms with van der Waals surface area (Å²) in [5, 5.41) is 10.9. The molecule has 0 radical (unpaired) electrons. The number of fused-ring (bicyclic) bond motifs is 4. The highest BCUT2D eigenvalue weighted by molar-refractivity contribution is 7.25. The maximum absolute atomic E-state index is 13.4. The minimum atomic E-state index is -0.320. The Kier molecular flexibility index (Phi) is 5.35. The van der Waals surface area contributed by atoms with Crippen LogP contribution < -0.4 is 15.0 Å². The fraction of sp³-hybridized carbons (Fsp3) is 0.375. The van der Waals surface area contributed by atoms with Crippen LogP contribution in [-0.2, 0) is 30.9 Å². The summed E-state index contributed by atoms with van der Waals surface area (Å²) in [6.07, 6.45) is 2.19. The zero-order chi connectivity index (χ0) is 23.3. The molecule has 1 aromatic carbocycles. The zero-order valence-electron chi connectivity index (χ0n) is 19.0. The number of pyridine rings is 1. The molecule has 1 N–H and O–H groups in total. The Labute approximate surface area is 194 Å². The van der Waals surface area contributed by atoms with Gasteiger partial charge in [-0.15, -0.1) is 11.3 Å². The van der Waals surface area contributed by atoms with E-state index in [1.807, 2.05) is 26.0 Å². The number of nitrogens with zero attached hydrogens (tertiary/aromatic N) is 3. The van der Waals surface area contributed by atoms with Gasteiger partial charge in [-0.2, -0.15) is 0 Å². The van der Waals surface area contributed by atoms with Crippen molar-refractivity contribution in [1.82, 2.24) is 14.5 Å². The van der Waals surface area contributed by atoms with E-state index < -0.39 is 0 Å². The van der Waals surface area contributed by atoms with E-state index in [0.29, 0.717) is 41.3 Å². The van der Waals surface area contributed by atoms with Gasteiger partial charge in [0, 0.05) is 29.0 Å². The van der Waals surface area contributed by atoms with Crippen molar-refractivity contribution in [2.24, 2.45) is 0 Å². The van der Waals surface area contributed by atoms with Gasteiger partial charge in [0.25, 0.3) is 5.56 Å². The van der Waals surface area contributed by atoms with Crippen LogP contribution in [0, 0.1) is 0 Å². The van der Waals surface area contributed by atoms with Gasteiger partial charge in [0.15, 0.2) is 0 Å². The number of aliphatic hydroxyl groups is 1. The van der Waals surface area contributed by atoms with Gasteiger partial charge in [0.2, 0.25) is 0 Å². The summed E-state index contributed by atoms with van der Waals surface area (Å²) < 4.78 is 18.8. The minimum absolute atomic E-state index is 0.153. The second-order valence-electron chi connectivity index (χ2n) is 8.71. The highest BCUT2D eigenvalue weighted by atomic mass is 32.1. The normalized spacial score (nSPS) is 15.1. The van der Waals surface area contributed by atoms with Crippen molar-refractivity contribution < 1.29 is 19.3 Å². The molecule has 0 unspecified atom stereocenters. The maximum atomic E-state index is 13.4. The van der Waals surface area contributed by atoms with Gasteiger partial charge in [-0.25, -0.2) is 9.97 Å². The molecule has 0 spiro atoms. The molecule has 0 saturated heterocycles. The molecule has 4 aromatic rings. The predicted molar refractivity (Wildman–Crippen MR) is 126 cm³/mol. The van der Waals surface area contributed by atoms with E-state index in [1.165, 1.54) is 11.3 Å². The first-order valence-corrected chi connectivity index (χ1v) is 11.4. The van der Waals surface area contributed by atoms with Gasteiger partial charge in [0.05, 0.1) is 57.1 Å². The Bertz CT molecular complexity index is 1440. The Morgan fingerprint density at radius 3 is 2.82 bits per heavy atom. The molecule has 4 heterocycles. The van der Waals surface area contributed by atoms with E-state index in [1.54, 1.807) is 31.2 Å². The summed E-state index contributed by atoms with van der Waals surface area (Å²) in [7, 11) is 3.18. The molecule has 172 valence electrons. The van der Waals surface area contributed by atoms with Gasteiger partial charge >= 0.3 is 0 Å². The molecular weight excluding hydrogens is 442 g/mol. The number of aliphatic hydroxyl groups excluding tert-OH is 1. The Balaban J connectivity index is 1.65. The van der Waals surface area contributed by atoms with Crippen molar-refractivity contribution in [3.05, 3.63) is 57.3 Å². The number of aromatic nitrogens is 3. The van der Waals surface area contributed by atoms with E-state index >= 15 is 0 Å². The van der Waals surface area contributed by atoms with Crippen molar-refractivity contribution in [3.63, 3.8) is 0 Å². The van der Waals surface area contributed by atoms with Crippen molar-refractivity contribution in [3.8, 4) is 11.5 Å². The molecule has 33 heavy (non-hydrogen) atoms. The lowest BCUT2D eigenvalue weighted by Crippen LogP contribution is -2.33. The fourth-order valence-corrected chi connectivity index (χ4v) is 5.47. The first-order chi connectivity index (χ1) is 15.8. The molecule has 8 nitrogen and oxygen atoms in total. The number of methoxy groups -OCH3 is 2. The topological polar surface area (TPSA) is 95.7 Å². The number of benzene rings is 1. The SMILES string of the molecule is COc1ccc(Cn2cnc3c(sc4nc5c(c(CO)c43)COC(C)(C)C5)c2=O)c(OC)c1. The van der Waals surface area contributed by atoms with Crippen LogP contribution in [-0.4, -0.2) is 39.5 Å². The average molecular weight is 468 g/mol. The van der Waals surface area contributed by atoms with E-state index in [-0.39, 0.29) is 17.8 Å². The minimum Gasteiger partial charge on any atom is -0.497 e. The number of hydrogen-bond donors (Lipinski definition) is 1. The van der Waals surface area contributed by atoms with Crippen molar-refractivity contribution in [1.29, 1.82) is 0 Å². The summed E-state index contributed by atoms with van der Waals surface area (Å²) in [6, 6.07) is 5.50. The van der Waals surface area contributed by atoms with E-state index in [4.69, 9.17) is 19.2 Å². The molecule has 0 fully saturated rings. The smallest absolute Gasteiger partial charge is 0.271 e. The molecule has 1 aliphatic heterocycles. The lowest BCUT2D eigenvalue weighted by atomic mass is 9.92. The maximum Gasteiger partial charge on any atom is 0.271 e. The first kappa shape index (κ1) is 21.8. The molecule has 9 heteroatoms. The number of hydrogen-bond acceptors (Lipinski definition) is 8. The molecule has 5 rings (SSSR count). The van der Waals surface area contributed by atoms with Crippen LogP contribution in [0.15, 0.2) is 29.3 Å². The van der Waals surface area contributed by atoms with Crippen molar-refractivity contribution in [2.45, 2.75) is 45.6 Å². The standard InChI is InChI=1S/C24H25N3O5S/c1-24(2)8-17-16(11-32-24)15(10-28)19-20-21(33-22(19)26-17)23(29)27(12-25-20)9-13-5-6-14(30-3)7-18(13)31-4/h5-7,12,28H,8-11H2,1-4H3. The summed E-state index contributed by atoms with van der Waals surface area (Å²) in [6.45, 7) is 4.58. The monoisotopic (exact) mass is 467 g/mol. The van der Waals surface area contributed by atoms with Crippen LogP contribution in [0.3, 0.4) is 0 Å². The van der Waals surface area contributed by atoms with E-state index in [2.05, 4.69) is 4.98 Å². The Morgan fingerprint density at radius 1 is 1.27 bits per heavy atom. The molecule has 1 aliphatic rings. The average Bonchev–Trinajstić information content (AvgIpc) is 3.17. The number of thiophene rings is 1. The van der Waals surface area contributed by atoms with Gasteiger partial charge in [-0.3, -0.25) is 9.36 Å². The van der Waals surface area contributed by atoms with Gasteiger partial charge in [0.1, 0.15) is 21.0 Å². The summed E-state index contributed by atoms with van der Waals surface area (Å²) in [5.74, 6) is 1.32. The third kappa shape index (κ3) is 3.66. The van der Waals surface area contributed by atoms with Crippen molar-refractivity contribution >= 4 is 31.8 Å². The lowest BCUT2D eigenvalue weighted by molar-refractivity contribution is -0.0418. The van der Waals surface area contributed by atoms with Crippen LogP contribution in [0.4, 0.5) is 0 Å². The highest BCUT2D eigenvalue weighted by Crippen LogP contribution is 2.38. The molecule has 3 aromatic heterocycles. The third-order valence-corrected chi connectivity index (χ3v) is 7.15. The quantitative estimate of drug-likeness (QED) is 0.480. The van der Waals surface area contributed by atoms with Gasteiger partial charge < -0.3 is 19.3 Å². The molecule has 0 amide bonds. The third-order valence-electron chi connectivity index (χ3n) is 6.09. The largest absolute Gasteiger partial charge is 0.497 e. The first-order valence-electron chi connectivity index (χ1n) is 10.6. The molecule has 0 saturated carbocycles. The second kappa shape index (κ2) is 8.09. The number of rotatable bonds is 5. The zero-order valence-corrected chi connectivity index (χ0v) is 19.8. The Hall–Kier alpha value is -3.01. The second-order valence-corrected chi connectivity index (χ2v) is 9.71. The van der Waals surface area contributed by atoms with Crippen LogP contribution in [0.1, 0.15) is 36.2 Å². The summed E-state index contributed by atoms with van der Waals surface area (Å²) >= 11 is 1.32. The summed E-state index contributed by atoms with van der Waals surface area (Å²) in [4.78, 5) is 23.6. The van der Waals surface area contributed by atoms with Gasteiger partial charge in [-0.1, -0.05) is 0 Å². The molecule has 0 atom stereocenters. The fourth-order valence-electron chi connectivity index (χ4n) is 4.35. The van der Waals surface area contributed by atoms with E-state index in [0.717, 1.165) is 32.6 Å². The van der Waals surface area contributed by atoms with Crippen LogP contribution in [0.25, 0.3) is 20.4 Å². The van der Waals surface area contributed by atoms with Crippen LogP contribution in [0.5, 0.6) is 11.5 Å². The summed E-state index contributed by atoms with van der Waals surface area (Å²) in [5.41, 5.74) is 3.50. The van der Waals surface area contributed by atoms with Crippen LogP contribution in [0.2, 0.25) is 0 Å². The van der Waals surface area contributed by atoms with Gasteiger partial charge in [-0.05, 0) is 31.5 Å². The molecule has 0 bridgehead atoms. The van der Waals surface area contributed by atoms with E-state index in [9.17, 15) is 9.90 Å².